The zero-order valence-electron chi connectivity index (χ0n) is 26.3. The Hall–Kier alpha value is -3.99. The average Bonchev–Trinajstić information content (AvgIpc) is 3.62. The van der Waals surface area contributed by atoms with E-state index in [1.807, 2.05) is 4.90 Å². The second-order valence-corrected chi connectivity index (χ2v) is 15.9. The number of phenolic OH excluding ortho intramolecular Hbond substituents is 1. The quantitative estimate of drug-likeness (QED) is 0.375. The topological polar surface area (TPSA) is 111 Å². The van der Waals surface area contributed by atoms with Crippen LogP contribution in [0, 0.1) is 18.2 Å². The van der Waals surface area contributed by atoms with Gasteiger partial charge in [-0.25, -0.2) is 17.2 Å². The number of hydrogen-bond acceptors (Lipinski definition) is 9. The van der Waals surface area contributed by atoms with E-state index in [0.29, 0.717) is 61.1 Å². The highest BCUT2D eigenvalue weighted by atomic mass is 32.2. The lowest BCUT2D eigenvalue weighted by atomic mass is 9.95. The van der Waals surface area contributed by atoms with Crippen LogP contribution in [0.15, 0.2) is 29.2 Å². The van der Waals surface area contributed by atoms with Gasteiger partial charge in [-0.2, -0.15) is 9.97 Å². The van der Waals surface area contributed by atoms with Crippen LogP contribution in [0.3, 0.4) is 0 Å². The largest absolute Gasteiger partial charge is 0.508 e. The van der Waals surface area contributed by atoms with Gasteiger partial charge in [-0.15, -0.1) is 6.42 Å². The van der Waals surface area contributed by atoms with Crippen LogP contribution in [0.1, 0.15) is 61.8 Å². The molecule has 2 N–H and O–H groups in total. The number of nitrogens with one attached hydrogen (secondary N) is 1. The number of hydrogen-bond donors (Lipinski definition) is 2. The fourth-order valence-corrected chi connectivity index (χ4v) is 10.7. The van der Waals surface area contributed by atoms with Gasteiger partial charge in [0.05, 0.1) is 22.5 Å². The molecule has 3 aromatic rings. The van der Waals surface area contributed by atoms with Crippen molar-refractivity contribution < 1.29 is 27.0 Å². The molecule has 4 atom stereocenters. The van der Waals surface area contributed by atoms with Crippen molar-refractivity contribution in [3.05, 3.63) is 46.9 Å². The molecule has 250 valence electrons. The van der Waals surface area contributed by atoms with Gasteiger partial charge < -0.3 is 20.1 Å². The minimum absolute atomic E-state index is 0.00459. The molecule has 0 radical (unpaired) electrons. The minimum atomic E-state index is -4.26. The van der Waals surface area contributed by atoms with E-state index < -0.39 is 27.6 Å². The molecule has 0 spiro atoms. The number of terminal acetylenes is 1. The third-order valence-electron chi connectivity index (χ3n) is 11.0. The summed E-state index contributed by atoms with van der Waals surface area (Å²) in [5.41, 5.74) is 0.231. The van der Waals surface area contributed by atoms with E-state index in [9.17, 15) is 17.9 Å². The number of nitrogens with zero attached hydrogens (tertiary/aromatic N) is 5. The predicted octanol–water partition coefficient (Wildman–Crippen LogP) is 4.02. The molecule has 3 unspecified atom stereocenters. The molecule has 6 heterocycles. The van der Waals surface area contributed by atoms with Gasteiger partial charge in [-0.3, -0.25) is 9.21 Å². The summed E-state index contributed by atoms with van der Waals surface area (Å²) in [5.74, 6) is 2.00. The van der Waals surface area contributed by atoms with Crippen molar-refractivity contribution in [2.45, 2.75) is 79.7 Å². The summed E-state index contributed by atoms with van der Waals surface area (Å²) in [5, 5.41) is 15.2. The van der Waals surface area contributed by atoms with Gasteiger partial charge in [0.2, 0.25) is 0 Å². The smallest absolute Gasteiger partial charge is 0.319 e. The maximum Gasteiger partial charge on any atom is 0.319 e. The van der Waals surface area contributed by atoms with Gasteiger partial charge >= 0.3 is 6.01 Å². The average molecular weight is 675 g/mol. The summed E-state index contributed by atoms with van der Waals surface area (Å²) in [6, 6.07) is 5.78. The van der Waals surface area contributed by atoms with Crippen molar-refractivity contribution in [2.75, 3.05) is 37.7 Å². The Balaban J connectivity index is 1.24. The SMILES string of the molecule is C#Cc1c(F)ccc2cc(O)cc(C3=Cc4nc(OCC56CCCN5C[C@H](F)C6)nc(N5CC6CCC(C5)N6)c4S(=O)(=O)N3C3CC3)c12. The molecule has 1 saturated carbocycles. The Morgan fingerprint density at radius 1 is 1.12 bits per heavy atom. The summed E-state index contributed by atoms with van der Waals surface area (Å²) in [6.07, 6.45) is 11.9. The van der Waals surface area contributed by atoms with Crippen molar-refractivity contribution in [2.24, 2.45) is 0 Å². The zero-order chi connectivity index (χ0) is 32.9. The molecule has 5 aliphatic heterocycles. The van der Waals surface area contributed by atoms with Gasteiger partial charge in [0.15, 0.2) is 10.7 Å². The second kappa shape index (κ2) is 10.8. The number of aromatic hydroxyl groups is 1. The molecule has 9 rings (SSSR count). The first-order valence-corrected chi connectivity index (χ1v) is 18.2. The molecule has 48 heavy (non-hydrogen) atoms. The van der Waals surface area contributed by atoms with Crippen LogP contribution in [0.25, 0.3) is 22.5 Å². The van der Waals surface area contributed by atoms with E-state index >= 15 is 4.39 Å². The third kappa shape index (κ3) is 4.67. The second-order valence-electron chi connectivity index (χ2n) is 14.2. The highest BCUT2D eigenvalue weighted by molar-refractivity contribution is 7.89. The Kier molecular flexibility index (Phi) is 6.74. The van der Waals surface area contributed by atoms with E-state index in [1.54, 1.807) is 6.08 Å². The van der Waals surface area contributed by atoms with Crippen molar-refractivity contribution >= 4 is 38.4 Å². The van der Waals surface area contributed by atoms with Crippen LogP contribution in [-0.4, -0.2) is 95.3 Å². The lowest BCUT2D eigenvalue weighted by Gasteiger charge is -2.38. The van der Waals surface area contributed by atoms with Crippen molar-refractivity contribution in [1.29, 1.82) is 0 Å². The summed E-state index contributed by atoms with van der Waals surface area (Å²) in [7, 11) is -4.26. The Bertz CT molecular complexity index is 2040. The lowest BCUT2D eigenvalue weighted by molar-refractivity contribution is 0.107. The van der Waals surface area contributed by atoms with Gasteiger partial charge in [0, 0.05) is 55.1 Å². The van der Waals surface area contributed by atoms with Crippen LogP contribution >= 0.6 is 0 Å². The molecule has 4 saturated heterocycles. The maximum absolute atomic E-state index is 15.1. The number of aromatic nitrogens is 2. The molecule has 1 aromatic heterocycles. The van der Waals surface area contributed by atoms with Gasteiger partial charge in [-0.05, 0) is 74.7 Å². The molecule has 2 aromatic carbocycles. The first-order chi connectivity index (χ1) is 23.1. The molecule has 2 bridgehead atoms. The van der Waals surface area contributed by atoms with Crippen LogP contribution in [0.4, 0.5) is 14.6 Å². The van der Waals surface area contributed by atoms with E-state index in [4.69, 9.17) is 21.1 Å². The molecule has 13 heteroatoms. The van der Waals surface area contributed by atoms with E-state index in [-0.39, 0.29) is 58.3 Å². The molecule has 1 aliphatic carbocycles. The molecule has 10 nitrogen and oxygen atoms in total. The van der Waals surface area contributed by atoms with E-state index in [2.05, 4.69) is 16.1 Å². The highest BCUT2D eigenvalue weighted by Gasteiger charge is 2.50. The summed E-state index contributed by atoms with van der Waals surface area (Å²) >= 11 is 0. The molecular formula is C35H36F2N6O4S. The summed E-state index contributed by atoms with van der Waals surface area (Å²) < 4.78 is 67.2. The molecular weight excluding hydrogens is 638 g/mol. The minimum Gasteiger partial charge on any atom is -0.508 e. The number of ether oxygens (including phenoxy) is 1. The normalized spacial score (nSPS) is 29.1. The fraction of sp³-hybridized carbons (Fsp3) is 0.486. The number of rotatable bonds is 6. The van der Waals surface area contributed by atoms with Crippen molar-refractivity contribution in [3.8, 4) is 24.1 Å². The number of sulfonamides is 1. The molecule has 6 aliphatic rings. The van der Waals surface area contributed by atoms with Gasteiger partial charge in [0.1, 0.15) is 24.3 Å². The monoisotopic (exact) mass is 674 g/mol. The zero-order valence-corrected chi connectivity index (χ0v) is 27.1. The van der Waals surface area contributed by atoms with E-state index in [0.717, 1.165) is 32.2 Å². The first kappa shape index (κ1) is 30.1. The number of halogens is 2. The number of alkyl halides is 1. The highest BCUT2D eigenvalue weighted by Crippen LogP contribution is 2.49. The number of benzene rings is 2. The summed E-state index contributed by atoms with van der Waals surface area (Å²) in [4.78, 5) is 13.7. The van der Waals surface area contributed by atoms with Crippen molar-refractivity contribution in [3.63, 3.8) is 0 Å². The molecule has 5 fully saturated rings. The number of piperazine rings is 1. The Labute approximate surface area is 277 Å². The van der Waals surface area contributed by atoms with Gasteiger partial charge in [-0.1, -0.05) is 12.0 Å². The first-order valence-electron chi connectivity index (χ1n) is 16.8. The van der Waals surface area contributed by atoms with Crippen LogP contribution in [0.2, 0.25) is 0 Å². The summed E-state index contributed by atoms with van der Waals surface area (Å²) in [6.45, 7) is 2.54. The fourth-order valence-electron chi connectivity index (χ4n) is 8.76. The van der Waals surface area contributed by atoms with Crippen LogP contribution in [0.5, 0.6) is 11.8 Å². The van der Waals surface area contributed by atoms with Crippen molar-refractivity contribution in [1.82, 2.24) is 24.5 Å². The number of phenols is 1. The standard InChI is InChI=1S/C35H36F2N6O4S/c1-2-26-28(37)9-4-20-12-25(44)13-27(31(20)26)30-14-29-32(48(45,46)43(30)24-7-8-24)33(41-17-22-5-6-23(18-41)38-22)40-34(39-29)47-19-35-10-3-11-42(35)16-21(36)15-35/h1,4,9,12-14,21-24,38,44H,3,5-8,10-11,15-19H2/t21-,22?,23?,35?/m1/s1. The Morgan fingerprint density at radius 3 is 2.67 bits per heavy atom. The Morgan fingerprint density at radius 2 is 1.92 bits per heavy atom. The number of anilines is 1. The number of fused-ring (bicyclic) bond motifs is 5. The predicted molar refractivity (Wildman–Crippen MR) is 176 cm³/mol. The maximum atomic E-state index is 15.1. The van der Waals surface area contributed by atoms with Crippen LogP contribution < -0.4 is 15.0 Å². The van der Waals surface area contributed by atoms with Crippen LogP contribution in [-0.2, 0) is 10.0 Å². The molecule has 0 amide bonds. The van der Waals surface area contributed by atoms with E-state index in [1.165, 1.54) is 28.6 Å². The van der Waals surface area contributed by atoms with Gasteiger partial charge in [0.25, 0.3) is 10.0 Å². The third-order valence-corrected chi connectivity index (χ3v) is 12.9. The lowest BCUT2D eigenvalue weighted by Crippen LogP contribution is -2.52.